The predicted octanol–water partition coefficient (Wildman–Crippen LogP) is 4.33. The van der Waals surface area contributed by atoms with Crippen LogP contribution in [0.3, 0.4) is 0 Å². The van der Waals surface area contributed by atoms with Crippen LogP contribution >= 0.6 is 0 Å². The fraction of sp³-hybridized carbons (Fsp3) is 0.545. The molecule has 0 aromatic heterocycles. The van der Waals surface area contributed by atoms with Gasteiger partial charge in [0.25, 0.3) is 0 Å². The van der Waals surface area contributed by atoms with Gasteiger partial charge in [0, 0.05) is 32.8 Å². The number of piperidine rings is 1. The fourth-order valence-corrected chi connectivity index (χ4v) is 3.21. The van der Waals surface area contributed by atoms with Crippen LogP contribution in [-0.4, -0.2) is 54.1 Å². The Labute approximate surface area is 167 Å². The number of carbonyl (C=O) groups is 2. The molecule has 1 aromatic carbocycles. The molecule has 0 aliphatic carbocycles. The van der Waals surface area contributed by atoms with E-state index in [1.807, 2.05) is 32.6 Å². The first-order valence-corrected chi connectivity index (χ1v) is 9.72. The minimum Gasteiger partial charge on any atom is -0.444 e. The van der Waals surface area contributed by atoms with Gasteiger partial charge in [0.15, 0.2) is 0 Å². The van der Waals surface area contributed by atoms with E-state index in [0.717, 1.165) is 24.0 Å². The zero-order valence-electron chi connectivity index (χ0n) is 17.5. The number of carbonyl (C=O) groups excluding carboxylic acids is 2. The Bertz CT molecular complexity index is 714. The number of benzene rings is 1. The van der Waals surface area contributed by atoms with Crippen molar-refractivity contribution in [2.75, 3.05) is 26.7 Å². The first-order valence-electron chi connectivity index (χ1n) is 9.72. The van der Waals surface area contributed by atoms with Crippen molar-refractivity contribution in [2.24, 2.45) is 5.92 Å². The molecule has 0 bridgehead atoms. The fourth-order valence-electron chi connectivity index (χ4n) is 3.21. The van der Waals surface area contributed by atoms with Gasteiger partial charge in [-0.2, -0.15) is 0 Å². The van der Waals surface area contributed by atoms with Crippen LogP contribution in [0.4, 0.5) is 9.18 Å². The van der Waals surface area contributed by atoms with E-state index in [9.17, 15) is 14.0 Å². The number of likely N-dealkylation sites (tertiary alicyclic amines) is 1. The maximum atomic E-state index is 13.0. The van der Waals surface area contributed by atoms with Crippen LogP contribution < -0.4 is 0 Å². The van der Waals surface area contributed by atoms with Gasteiger partial charge < -0.3 is 14.5 Å². The Hall–Kier alpha value is -2.37. The average molecular weight is 390 g/mol. The molecule has 28 heavy (non-hydrogen) atoms. The topological polar surface area (TPSA) is 49.9 Å². The molecule has 1 saturated heterocycles. The van der Waals surface area contributed by atoms with Gasteiger partial charge in [0.2, 0.25) is 5.91 Å². The number of rotatable bonds is 4. The highest BCUT2D eigenvalue weighted by molar-refractivity contribution is 5.94. The monoisotopic (exact) mass is 390 g/mol. The zero-order chi connectivity index (χ0) is 20.9. The number of amides is 2. The number of allylic oxidation sites excluding steroid dienone is 1. The van der Waals surface area contributed by atoms with Crippen molar-refractivity contribution in [3.63, 3.8) is 0 Å². The normalized spacial score (nSPS) is 16.1. The second-order valence-corrected chi connectivity index (χ2v) is 8.46. The zero-order valence-corrected chi connectivity index (χ0v) is 17.5. The van der Waals surface area contributed by atoms with E-state index in [1.165, 1.54) is 12.1 Å². The van der Waals surface area contributed by atoms with Gasteiger partial charge in [-0.25, -0.2) is 9.18 Å². The van der Waals surface area contributed by atoms with E-state index in [4.69, 9.17) is 4.74 Å². The van der Waals surface area contributed by atoms with Gasteiger partial charge in [-0.1, -0.05) is 12.1 Å². The SMILES string of the molecule is CC(=CC(=O)N1CCC(CN(C)C(=O)OC(C)(C)C)CC1)c1ccc(F)cc1. The van der Waals surface area contributed by atoms with Crippen molar-refractivity contribution in [2.45, 2.75) is 46.1 Å². The number of hydrogen-bond acceptors (Lipinski definition) is 3. The predicted molar refractivity (Wildman–Crippen MR) is 108 cm³/mol. The van der Waals surface area contributed by atoms with Crippen molar-refractivity contribution in [1.29, 1.82) is 0 Å². The molecular formula is C22H31FN2O3. The van der Waals surface area contributed by atoms with E-state index >= 15 is 0 Å². The molecule has 5 nitrogen and oxygen atoms in total. The molecule has 1 aliphatic rings. The van der Waals surface area contributed by atoms with Crippen LogP contribution in [0.25, 0.3) is 5.57 Å². The highest BCUT2D eigenvalue weighted by atomic mass is 19.1. The third-order valence-electron chi connectivity index (χ3n) is 4.80. The summed E-state index contributed by atoms with van der Waals surface area (Å²) in [4.78, 5) is 28.1. The third-order valence-corrected chi connectivity index (χ3v) is 4.80. The minimum absolute atomic E-state index is 0.0271. The van der Waals surface area contributed by atoms with Crippen molar-refractivity contribution >= 4 is 17.6 Å². The number of nitrogens with zero attached hydrogens (tertiary/aromatic N) is 2. The molecule has 0 N–H and O–H groups in total. The Balaban J connectivity index is 1.84. The van der Waals surface area contributed by atoms with Gasteiger partial charge in [0.05, 0.1) is 0 Å². The van der Waals surface area contributed by atoms with Crippen LogP contribution in [0.15, 0.2) is 30.3 Å². The number of halogens is 1. The first-order chi connectivity index (χ1) is 13.0. The number of hydrogen-bond donors (Lipinski definition) is 0. The van der Waals surface area contributed by atoms with Crippen LogP contribution in [0.5, 0.6) is 0 Å². The summed E-state index contributed by atoms with van der Waals surface area (Å²) in [5, 5.41) is 0. The Kier molecular flexibility index (Phi) is 7.22. The molecule has 154 valence electrons. The number of ether oxygens (including phenoxy) is 1. The highest BCUT2D eigenvalue weighted by Gasteiger charge is 2.26. The summed E-state index contributed by atoms with van der Waals surface area (Å²) < 4.78 is 18.4. The van der Waals surface area contributed by atoms with E-state index < -0.39 is 5.60 Å². The summed E-state index contributed by atoms with van der Waals surface area (Å²) in [6, 6.07) is 6.13. The van der Waals surface area contributed by atoms with E-state index in [-0.39, 0.29) is 17.8 Å². The molecule has 1 heterocycles. The smallest absolute Gasteiger partial charge is 0.410 e. The van der Waals surface area contributed by atoms with Gasteiger partial charge in [-0.3, -0.25) is 4.79 Å². The van der Waals surface area contributed by atoms with Crippen molar-refractivity contribution in [1.82, 2.24) is 9.80 Å². The van der Waals surface area contributed by atoms with Gasteiger partial charge >= 0.3 is 6.09 Å². The van der Waals surface area contributed by atoms with Crippen molar-refractivity contribution in [3.05, 3.63) is 41.7 Å². The Morgan fingerprint density at radius 2 is 1.79 bits per heavy atom. The van der Waals surface area contributed by atoms with Crippen LogP contribution in [0, 0.1) is 11.7 Å². The largest absolute Gasteiger partial charge is 0.444 e. The van der Waals surface area contributed by atoms with Gasteiger partial charge in [0.1, 0.15) is 11.4 Å². The molecule has 2 rings (SSSR count). The summed E-state index contributed by atoms with van der Waals surface area (Å²) in [5.41, 5.74) is 1.15. The first kappa shape index (κ1) is 21.9. The van der Waals surface area contributed by atoms with Crippen LogP contribution in [0.1, 0.15) is 46.1 Å². The van der Waals surface area contributed by atoms with E-state index in [2.05, 4.69) is 0 Å². The molecule has 0 spiro atoms. The highest BCUT2D eigenvalue weighted by Crippen LogP contribution is 2.21. The lowest BCUT2D eigenvalue weighted by Gasteiger charge is -2.34. The molecule has 0 atom stereocenters. The maximum absolute atomic E-state index is 13.0. The quantitative estimate of drug-likeness (QED) is 0.719. The summed E-state index contributed by atoms with van der Waals surface area (Å²) in [6.45, 7) is 9.37. The molecule has 0 radical (unpaired) electrons. The maximum Gasteiger partial charge on any atom is 0.410 e. The van der Waals surface area contributed by atoms with E-state index in [1.54, 1.807) is 30.2 Å². The molecule has 6 heteroatoms. The van der Waals surface area contributed by atoms with E-state index in [0.29, 0.717) is 25.6 Å². The molecule has 1 aliphatic heterocycles. The van der Waals surface area contributed by atoms with Crippen molar-refractivity contribution < 1.29 is 18.7 Å². The summed E-state index contributed by atoms with van der Waals surface area (Å²) >= 11 is 0. The second-order valence-electron chi connectivity index (χ2n) is 8.46. The summed E-state index contributed by atoms with van der Waals surface area (Å²) in [5.74, 6) is 0.0332. The molecule has 1 aromatic rings. The summed E-state index contributed by atoms with van der Waals surface area (Å²) in [7, 11) is 1.75. The molecule has 1 fully saturated rings. The van der Waals surface area contributed by atoms with Crippen LogP contribution in [0.2, 0.25) is 0 Å². The Morgan fingerprint density at radius 3 is 2.32 bits per heavy atom. The minimum atomic E-state index is -0.504. The molecule has 0 unspecified atom stereocenters. The van der Waals surface area contributed by atoms with Gasteiger partial charge in [-0.05, 0) is 69.7 Å². The molecule has 0 saturated carbocycles. The standard InChI is InChI=1S/C22H31FN2O3/c1-16(18-6-8-19(23)9-7-18)14-20(26)25-12-10-17(11-13-25)15-24(5)21(27)28-22(2,3)4/h6-9,14,17H,10-13,15H2,1-5H3. The summed E-state index contributed by atoms with van der Waals surface area (Å²) in [6.07, 6.45) is 2.99. The lowest BCUT2D eigenvalue weighted by atomic mass is 9.96. The lowest BCUT2D eigenvalue weighted by Crippen LogP contribution is -2.42. The Morgan fingerprint density at radius 1 is 1.21 bits per heavy atom. The van der Waals surface area contributed by atoms with Crippen LogP contribution in [-0.2, 0) is 9.53 Å². The molecular weight excluding hydrogens is 359 g/mol. The third kappa shape index (κ3) is 6.66. The average Bonchev–Trinajstić information content (AvgIpc) is 2.61. The lowest BCUT2D eigenvalue weighted by molar-refractivity contribution is -0.127. The van der Waals surface area contributed by atoms with Gasteiger partial charge in [-0.15, -0.1) is 0 Å². The molecule has 2 amide bonds. The second kappa shape index (κ2) is 9.22. The van der Waals surface area contributed by atoms with Crippen molar-refractivity contribution in [3.8, 4) is 0 Å².